The fourth-order valence-electron chi connectivity index (χ4n) is 3.45. The van der Waals surface area contributed by atoms with E-state index >= 15 is 0 Å². The number of morpholine rings is 2. The van der Waals surface area contributed by atoms with Gasteiger partial charge in [-0.15, -0.1) is 0 Å². The maximum atomic E-state index is 6.17. The number of nitrogens with zero attached hydrogens (tertiary/aromatic N) is 4. The minimum Gasteiger partial charge on any atom is -0.378 e. The summed E-state index contributed by atoms with van der Waals surface area (Å²) in [7, 11) is 0. The van der Waals surface area contributed by atoms with Crippen molar-refractivity contribution in [2.45, 2.75) is 0 Å². The van der Waals surface area contributed by atoms with Crippen LogP contribution < -0.4 is 4.90 Å². The van der Waals surface area contributed by atoms with Crippen molar-refractivity contribution in [2.75, 3.05) is 57.5 Å². The number of guanidine groups is 1. The van der Waals surface area contributed by atoms with Gasteiger partial charge < -0.3 is 19.3 Å². The molecule has 9 heteroatoms. The second-order valence-corrected chi connectivity index (χ2v) is 8.42. The average molecular weight is 479 g/mol. The SMILES string of the molecule is S=C(N1CCOCC1)N(C(=Nc1ccc(Cl)cc1)N1CCOCC1)c1ccc(Cl)cc1. The van der Waals surface area contributed by atoms with Crippen LogP contribution in [-0.2, 0) is 9.47 Å². The lowest BCUT2D eigenvalue weighted by Crippen LogP contribution is -2.56. The van der Waals surface area contributed by atoms with Crippen LogP contribution in [0.15, 0.2) is 53.5 Å². The van der Waals surface area contributed by atoms with E-state index in [0.717, 1.165) is 43.5 Å². The molecule has 0 aliphatic carbocycles. The Morgan fingerprint density at radius 1 is 0.774 bits per heavy atom. The Bertz CT molecular complexity index is 912. The van der Waals surface area contributed by atoms with Gasteiger partial charge in [0.15, 0.2) is 5.11 Å². The molecule has 0 saturated carbocycles. The predicted molar refractivity (Wildman–Crippen MR) is 130 cm³/mol. The quantitative estimate of drug-likeness (QED) is 0.361. The van der Waals surface area contributed by atoms with E-state index in [1.54, 1.807) is 0 Å². The van der Waals surface area contributed by atoms with E-state index in [0.29, 0.717) is 41.6 Å². The smallest absolute Gasteiger partial charge is 0.213 e. The van der Waals surface area contributed by atoms with Gasteiger partial charge in [-0.25, -0.2) is 4.99 Å². The van der Waals surface area contributed by atoms with Crippen molar-refractivity contribution in [3.05, 3.63) is 58.6 Å². The van der Waals surface area contributed by atoms with Gasteiger partial charge in [-0.3, -0.25) is 4.90 Å². The number of anilines is 1. The Labute approximate surface area is 197 Å². The van der Waals surface area contributed by atoms with Crippen LogP contribution in [0, 0.1) is 0 Å². The van der Waals surface area contributed by atoms with Gasteiger partial charge in [-0.2, -0.15) is 0 Å². The maximum Gasteiger partial charge on any atom is 0.213 e. The standard InChI is InChI=1S/C22H24Cl2N4O2S/c23-17-1-5-19(6-2-17)25-21(26-9-13-29-14-10-26)28(20-7-3-18(24)4-8-20)22(31)27-11-15-30-16-12-27/h1-8H,9-16H2. The second-order valence-electron chi connectivity index (χ2n) is 7.18. The number of benzene rings is 2. The summed E-state index contributed by atoms with van der Waals surface area (Å²) in [5, 5.41) is 2.03. The molecule has 0 bridgehead atoms. The fraction of sp³-hybridized carbons (Fsp3) is 0.364. The Hall–Kier alpha value is -1.90. The summed E-state index contributed by atoms with van der Waals surface area (Å²) in [5.41, 5.74) is 1.70. The van der Waals surface area contributed by atoms with E-state index in [9.17, 15) is 0 Å². The van der Waals surface area contributed by atoms with Crippen molar-refractivity contribution in [3.63, 3.8) is 0 Å². The molecule has 6 nitrogen and oxygen atoms in total. The van der Waals surface area contributed by atoms with Crippen molar-refractivity contribution in [2.24, 2.45) is 4.99 Å². The van der Waals surface area contributed by atoms with Crippen molar-refractivity contribution in [3.8, 4) is 0 Å². The van der Waals surface area contributed by atoms with Gasteiger partial charge in [0.05, 0.1) is 37.8 Å². The minimum atomic E-state index is 0.637. The van der Waals surface area contributed by atoms with E-state index in [2.05, 4.69) is 9.80 Å². The first kappa shape index (κ1) is 22.3. The summed E-state index contributed by atoms with van der Waals surface area (Å²) in [6, 6.07) is 15.1. The lowest BCUT2D eigenvalue weighted by molar-refractivity contribution is 0.0657. The zero-order valence-corrected chi connectivity index (χ0v) is 19.4. The summed E-state index contributed by atoms with van der Waals surface area (Å²) in [6.45, 7) is 5.49. The third-order valence-electron chi connectivity index (χ3n) is 5.11. The van der Waals surface area contributed by atoms with Gasteiger partial charge in [-0.05, 0) is 60.7 Å². The summed E-state index contributed by atoms with van der Waals surface area (Å²) in [6.07, 6.45) is 0. The first-order valence-corrected chi connectivity index (χ1v) is 11.4. The summed E-state index contributed by atoms with van der Waals surface area (Å²) in [4.78, 5) is 11.4. The molecule has 2 aromatic carbocycles. The monoisotopic (exact) mass is 478 g/mol. The van der Waals surface area contributed by atoms with E-state index in [-0.39, 0.29) is 0 Å². The van der Waals surface area contributed by atoms with Crippen LogP contribution in [0.3, 0.4) is 0 Å². The molecule has 2 aliphatic rings. The number of hydrogen-bond acceptors (Lipinski definition) is 4. The topological polar surface area (TPSA) is 40.5 Å². The van der Waals surface area contributed by atoms with Crippen LogP contribution in [-0.4, -0.2) is 73.5 Å². The first-order chi connectivity index (χ1) is 15.1. The maximum absolute atomic E-state index is 6.17. The molecule has 2 heterocycles. The van der Waals surface area contributed by atoms with E-state index in [4.69, 9.17) is 49.9 Å². The van der Waals surface area contributed by atoms with Gasteiger partial charge in [0.25, 0.3) is 0 Å². The number of aliphatic imine (C=N–C) groups is 1. The Balaban J connectivity index is 1.78. The van der Waals surface area contributed by atoms with Gasteiger partial charge in [0.1, 0.15) is 0 Å². The number of halogens is 2. The average Bonchev–Trinajstić information content (AvgIpc) is 2.82. The molecule has 164 valence electrons. The van der Waals surface area contributed by atoms with Gasteiger partial charge in [0.2, 0.25) is 5.96 Å². The normalized spacial score (nSPS) is 17.5. The molecule has 0 radical (unpaired) electrons. The van der Waals surface area contributed by atoms with Crippen molar-refractivity contribution in [1.82, 2.24) is 9.80 Å². The van der Waals surface area contributed by atoms with Crippen LogP contribution in [0.25, 0.3) is 0 Å². The molecule has 0 atom stereocenters. The number of thiocarbonyl (C=S) groups is 1. The summed E-state index contributed by atoms with van der Waals surface area (Å²) in [5.74, 6) is 0.754. The third kappa shape index (κ3) is 5.67. The molecular weight excluding hydrogens is 455 g/mol. The van der Waals surface area contributed by atoms with Crippen LogP contribution in [0.4, 0.5) is 11.4 Å². The Morgan fingerprint density at radius 2 is 1.26 bits per heavy atom. The Kier molecular flexibility index (Phi) is 7.63. The molecule has 4 rings (SSSR count). The highest BCUT2D eigenvalue weighted by atomic mass is 35.5. The third-order valence-corrected chi connectivity index (χ3v) is 6.05. The summed E-state index contributed by atoms with van der Waals surface area (Å²) >= 11 is 18.3. The van der Waals surface area contributed by atoms with Crippen molar-refractivity contribution in [1.29, 1.82) is 0 Å². The highest BCUT2D eigenvalue weighted by Crippen LogP contribution is 2.25. The second kappa shape index (κ2) is 10.6. The minimum absolute atomic E-state index is 0.637. The van der Waals surface area contributed by atoms with Crippen molar-refractivity contribution < 1.29 is 9.47 Å². The molecule has 2 fully saturated rings. The van der Waals surface area contributed by atoms with Crippen molar-refractivity contribution >= 4 is 57.9 Å². The molecular formula is C22H24Cl2N4O2S. The summed E-state index contributed by atoms with van der Waals surface area (Å²) < 4.78 is 11.1. The van der Waals surface area contributed by atoms with E-state index < -0.39 is 0 Å². The highest BCUT2D eigenvalue weighted by molar-refractivity contribution is 7.80. The predicted octanol–water partition coefficient (Wildman–Crippen LogP) is 4.44. The zero-order valence-electron chi connectivity index (χ0n) is 17.0. The largest absolute Gasteiger partial charge is 0.378 e. The molecule has 2 aromatic rings. The lowest BCUT2D eigenvalue weighted by atomic mass is 10.3. The van der Waals surface area contributed by atoms with Gasteiger partial charge in [-0.1, -0.05) is 23.2 Å². The van der Waals surface area contributed by atoms with E-state index in [1.165, 1.54) is 0 Å². The molecule has 0 N–H and O–H groups in total. The number of ether oxygens (including phenoxy) is 2. The molecule has 0 amide bonds. The molecule has 0 unspecified atom stereocenters. The Morgan fingerprint density at radius 3 is 1.81 bits per heavy atom. The highest BCUT2D eigenvalue weighted by Gasteiger charge is 2.29. The molecule has 31 heavy (non-hydrogen) atoms. The molecule has 0 aromatic heterocycles. The van der Waals surface area contributed by atoms with Crippen LogP contribution in [0.5, 0.6) is 0 Å². The van der Waals surface area contributed by atoms with E-state index in [1.807, 2.05) is 53.4 Å². The number of rotatable bonds is 2. The van der Waals surface area contributed by atoms with Gasteiger partial charge in [0, 0.05) is 36.2 Å². The van der Waals surface area contributed by atoms with Gasteiger partial charge >= 0.3 is 0 Å². The van der Waals surface area contributed by atoms with Crippen LogP contribution in [0.2, 0.25) is 10.0 Å². The molecule has 2 saturated heterocycles. The lowest BCUT2D eigenvalue weighted by Gasteiger charge is -2.40. The zero-order chi connectivity index (χ0) is 21.6. The first-order valence-electron chi connectivity index (χ1n) is 10.2. The van der Waals surface area contributed by atoms with Crippen LogP contribution in [0.1, 0.15) is 0 Å². The molecule has 2 aliphatic heterocycles. The van der Waals surface area contributed by atoms with Crippen LogP contribution >= 0.6 is 35.4 Å². The molecule has 0 spiro atoms. The fourth-order valence-corrected chi connectivity index (χ4v) is 4.08. The number of hydrogen-bond donors (Lipinski definition) is 0.